The number of benzene rings is 1. The highest BCUT2D eigenvalue weighted by molar-refractivity contribution is 8.01. The Balaban J connectivity index is 2.84. The van der Waals surface area contributed by atoms with Crippen LogP contribution in [0.3, 0.4) is 0 Å². The van der Waals surface area contributed by atoms with E-state index in [1.807, 2.05) is 0 Å². The van der Waals surface area contributed by atoms with Crippen LogP contribution in [0.5, 0.6) is 0 Å². The van der Waals surface area contributed by atoms with Crippen molar-refractivity contribution in [2.24, 2.45) is 0 Å². The highest BCUT2D eigenvalue weighted by Crippen LogP contribution is 2.24. The third-order valence-electron chi connectivity index (χ3n) is 2.09. The minimum absolute atomic E-state index is 0.177. The van der Waals surface area contributed by atoms with Gasteiger partial charge in [-0.3, -0.25) is 9.59 Å². The molecule has 0 fully saturated rings. The van der Waals surface area contributed by atoms with Crippen LogP contribution in [-0.2, 0) is 9.59 Å². The highest BCUT2D eigenvalue weighted by Gasteiger charge is 2.20. The van der Waals surface area contributed by atoms with Crippen LogP contribution in [0.1, 0.15) is 24.2 Å². The largest absolute Gasteiger partial charge is 0.478 e. The molecule has 5 heteroatoms. The van der Waals surface area contributed by atoms with Crippen LogP contribution in [0.4, 0.5) is 0 Å². The third-order valence-corrected chi connectivity index (χ3v) is 3.54. The van der Waals surface area contributed by atoms with Gasteiger partial charge in [-0.25, -0.2) is 4.79 Å². The maximum absolute atomic E-state index is 11.2. The summed E-state index contributed by atoms with van der Waals surface area (Å²) in [6.45, 7) is 2.73. The standard InChI is InChI=1S/C12H12O4S/c1-7(13)11(8(2)14)17-10-5-3-9(4-6-10)12(15)16/h3-6,11H,1-2H3,(H,15,16). The zero-order chi connectivity index (χ0) is 13.0. The van der Waals surface area contributed by atoms with E-state index in [0.29, 0.717) is 4.90 Å². The Kier molecular flexibility index (Phi) is 4.45. The van der Waals surface area contributed by atoms with Gasteiger partial charge in [-0.15, -0.1) is 11.8 Å². The Morgan fingerprint density at radius 3 is 1.88 bits per heavy atom. The molecule has 0 unspecified atom stereocenters. The fourth-order valence-electron chi connectivity index (χ4n) is 1.26. The predicted molar refractivity (Wildman–Crippen MR) is 64.4 cm³/mol. The smallest absolute Gasteiger partial charge is 0.335 e. The number of carbonyl (C=O) groups excluding carboxylic acids is 2. The van der Waals surface area contributed by atoms with Crippen LogP contribution in [-0.4, -0.2) is 27.9 Å². The lowest BCUT2D eigenvalue weighted by Gasteiger charge is -2.09. The van der Waals surface area contributed by atoms with Crippen LogP contribution < -0.4 is 0 Å². The topological polar surface area (TPSA) is 71.4 Å². The SMILES string of the molecule is CC(=O)C(Sc1ccc(C(=O)O)cc1)C(C)=O. The Morgan fingerprint density at radius 1 is 1.06 bits per heavy atom. The molecule has 0 spiro atoms. The number of hydrogen-bond donors (Lipinski definition) is 1. The fourth-order valence-corrected chi connectivity index (χ4v) is 2.16. The van der Waals surface area contributed by atoms with Gasteiger partial charge in [-0.05, 0) is 38.1 Å². The number of Topliss-reactive ketones (excluding diaryl/α,β-unsaturated/α-hetero) is 2. The first-order chi connectivity index (χ1) is 7.91. The zero-order valence-corrected chi connectivity index (χ0v) is 10.3. The van der Waals surface area contributed by atoms with Crippen LogP contribution in [0.15, 0.2) is 29.2 Å². The van der Waals surface area contributed by atoms with Crippen LogP contribution >= 0.6 is 11.8 Å². The Labute approximate surface area is 103 Å². The number of ketones is 2. The number of aromatic carboxylic acids is 1. The minimum Gasteiger partial charge on any atom is -0.478 e. The van der Waals surface area contributed by atoms with Gasteiger partial charge in [0.1, 0.15) is 5.25 Å². The fraction of sp³-hybridized carbons (Fsp3) is 0.250. The molecular weight excluding hydrogens is 240 g/mol. The quantitative estimate of drug-likeness (QED) is 0.641. The molecule has 17 heavy (non-hydrogen) atoms. The first kappa shape index (κ1) is 13.4. The van der Waals surface area contributed by atoms with Gasteiger partial charge in [0.2, 0.25) is 0 Å². The summed E-state index contributed by atoms with van der Waals surface area (Å²) in [6, 6.07) is 6.07. The number of rotatable bonds is 5. The van der Waals surface area contributed by atoms with Gasteiger partial charge in [-0.1, -0.05) is 0 Å². The molecular formula is C12H12O4S. The average Bonchev–Trinajstić information content (AvgIpc) is 2.25. The Bertz CT molecular complexity index is 436. The zero-order valence-electron chi connectivity index (χ0n) is 9.47. The molecule has 0 amide bonds. The Morgan fingerprint density at radius 2 is 1.53 bits per heavy atom. The molecule has 90 valence electrons. The predicted octanol–water partition coefficient (Wildman–Crippen LogP) is 2.02. The molecule has 0 saturated carbocycles. The molecule has 4 nitrogen and oxygen atoms in total. The first-order valence-corrected chi connectivity index (χ1v) is 5.80. The second-order valence-electron chi connectivity index (χ2n) is 3.55. The summed E-state index contributed by atoms with van der Waals surface area (Å²) in [5, 5.41) is 8.00. The van der Waals surface area contributed by atoms with Crippen molar-refractivity contribution in [1.29, 1.82) is 0 Å². The molecule has 0 saturated heterocycles. The maximum Gasteiger partial charge on any atom is 0.335 e. The maximum atomic E-state index is 11.2. The van der Waals surface area contributed by atoms with E-state index in [1.165, 1.54) is 26.0 Å². The molecule has 0 aliphatic rings. The van der Waals surface area contributed by atoms with E-state index in [9.17, 15) is 14.4 Å². The molecule has 0 radical (unpaired) electrons. The van der Waals surface area contributed by atoms with E-state index in [-0.39, 0.29) is 17.1 Å². The monoisotopic (exact) mass is 252 g/mol. The van der Waals surface area contributed by atoms with Gasteiger partial charge in [0.25, 0.3) is 0 Å². The molecule has 1 aromatic rings. The molecule has 0 heterocycles. The van der Waals surface area contributed by atoms with Crippen molar-refractivity contribution >= 4 is 29.3 Å². The molecule has 0 bridgehead atoms. The lowest BCUT2D eigenvalue weighted by molar-refractivity contribution is -0.123. The van der Waals surface area contributed by atoms with Gasteiger partial charge in [0.15, 0.2) is 11.6 Å². The summed E-state index contributed by atoms with van der Waals surface area (Å²) in [4.78, 5) is 33.8. The number of carbonyl (C=O) groups is 3. The molecule has 0 aliphatic heterocycles. The molecule has 0 atom stereocenters. The van der Waals surface area contributed by atoms with Crippen molar-refractivity contribution < 1.29 is 19.5 Å². The van der Waals surface area contributed by atoms with Gasteiger partial charge in [-0.2, -0.15) is 0 Å². The van der Waals surface area contributed by atoms with E-state index < -0.39 is 11.2 Å². The highest BCUT2D eigenvalue weighted by atomic mass is 32.2. The van der Waals surface area contributed by atoms with Crippen LogP contribution in [0.25, 0.3) is 0 Å². The summed E-state index contributed by atoms with van der Waals surface area (Å²) in [5.41, 5.74) is 0.177. The van der Waals surface area contributed by atoms with E-state index in [2.05, 4.69) is 0 Å². The number of carboxylic acids is 1. The van der Waals surface area contributed by atoms with Crippen molar-refractivity contribution in [2.75, 3.05) is 0 Å². The van der Waals surface area contributed by atoms with Crippen molar-refractivity contribution in [2.45, 2.75) is 24.0 Å². The van der Waals surface area contributed by atoms with Crippen molar-refractivity contribution in [1.82, 2.24) is 0 Å². The van der Waals surface area contributed by atoms with E-state index in [4.69, 9.17) is 5.11 Å². The summed E-state index contributed by atoms with van der Waals surface area (Å²) < 4.78 is 0. The van der Waals surface area contributed by atoms with Crippen LogP contribution in [0, 0.1) is 0 Å². The molecule has 1 aromatic carbocycles. The average molecular weight is 252 g/mol. The van der Waals surface area contributed by atoms with Crippen molar-refractivity contribution in [3.63, 3.8) is 0 Å². The number of hydrogen-bond acceptors (Lipinski definition) is 4. The summed E-state index contributed by atoms with van der Waals surface area (Å²) in [5.74, 6) is -1.41. The van der Waals surface area contributed by atoms with Crippen LogP contribution in [0.2, 0.25) is 0 Å². The lowest BCUT2D eigenvalue weighted by Crippen LogP contribution is -2.21. The molecule has 1 rings (SSSR count). The van der Waals surface area contributed by atoms with Gasteiger partial charge >= 0.3 is 5.97 Å². The van der Waals surface area contributed by atoms with Crippen molar-refractivity contribution in [3.8, 4) is 0 Å². The molecule has 0 aromatic heterocycles. The molecule has 1 N–H and O–H groups in total. The Hall–Kier alpha value is -1.62. The van der Waals surface area contributed by atoms with Gasteiger partial charge in [0.05, 0.1) is 5.56 Å². The number of thioether (sulfide) groups is 1. The third kappa shape index (κ3) is 3.71. The number of carboxylic acid groups (broad SMARTS) is 1. The van der Waals surface area contributed by atoms with Gasteiger partial charge < -0.3 is 5.11 Å². The minimum atomic E-state index is -1.00. The van der Waals surface area contributed by atoms with Gasteiger partial charge in [0, 0.05) is 4.90 Å². The first-order valence-electron chi connectivity index (χ1n) is 4.92. The summed E-state index contributed by atoms with van der Waals surface area (Å²) in [7, 11) is 0. The van der Waals surface area contributed by atoms with Crippen molar-refractivity contribution in [3.05, 3.63) is 29.8 Å². The van der Waals surface area contributed by atoms with E-state index >= 15 is 0 Å². The second-order valence-corrected chi connectivity index (χ2v) is 4.73. The van der Waals surface area contributed by atoms with E-state index in [1.54, 1.807) is 12.1 Å². The molecule has 0 aliphatic carbocycles. The lowest BCUT2D eigenvalue weighted by atomic mass is 10.2. The van der Waals surface area contributed by atoms with E-state index in [0.717, 1.165) is 11.8 Å². The summed E-state index contributed by atoms with van der Waals surface area (Å²) in [6.07, 6.45) is 0. The normalized spacial score (nSPS) is 10.3. The second kappa shape index (κ2) is 5.63. The summed E-state index contributed by atoms with van der Waals surface area (Å²) >= 11 is 1.13.